The van der Waals surface area contributed by atoms with Gasteiger partial charge in [-0.2, -0.15) is 0 Å². The third-order valence-electron chi connectivity index (χ3n) is 2.65. The van der Waals surface area contributed by atoms with Crippen LogP contribution >= 0.6 is 0 Å². The molecule has 0 aromatic heterocycles. The Labute approximate surface area is 116 Å². The fourth-order valence-electron chi connectivity index (χ4n) is 1.75. The first kappa shape index (κ1) is 14.3. The van der Waals surface area contributed by atoms with Gasteiger partial charge in [-0.15, -0.1) is 0 Å². The average molecular weight is 296 g/mol. The molecule has 0 aliphatic carbocycles. The van der Waals surface area contributed by atoms with Crippen molar-refractivity contribution in [3.63, 3.8) is 0 Å². The van der Waals surface area contributed by atoms with Crippen LogP contribution in [-0.2, 0) is 15.6 Å². The zero-order valence-corrected chi connectivity index (χ0v) is 10.9. The van der Waals surface area contributed by atoms with Crippen molar-refractivity contribution >= 4 is 16.8 Å². The Kier molecular flexibility index (Phi) is 4.24. The molecule has 0 aliphatic heterocycles. The molecule has 0 spiro atoms. The molecule has 2 aromatic carbocycles. The third-order valence-corrected chi connectivity index (χ3v) is 4.32. The molecule has 3 nitrogen and oxygen atoms in total. The van der Waals surface area contributed by atoms with Crippen LogP contribution in [0.2, 0.25) is 0 Å². The summed E-state index contributed by atoms with van der Waals surface area (Å²) in [5, 5.41) is 7.81. The lowest BCUT2D eigenvalue weighted by Crippen LogP contribution is -2.18. The molecule has 0 bridgehead atoms. The number of hydrogen-bond donors (Lipinski definition) is 1. The van der Waals surface area contributed by atoms with Crippen molar-refractivity contribution < 1.29 is 22.9 Å². The number of benzene rings is 2. The van der Waals surface area contributed by atoms with E-state index in [4.69, 9.17) is 0 Å². The smallest absolute Gasteiger partial charge is 0.324 e. The number of aliphatic carboxylic acids is 1. The minimum absolute atomic E-state index is 0.294. The van der Waals surface area contributed by atoms with Gasteiger partial charge in [-0.1, -0.05) is 30.3 Å². The molecule has 0 heterocycles. The van der Waals surface area contributed by atoms with Crippen LogP contribution in [0.4, 0.5) is 8.78 Å². The highest BCUT2D eigenvalue weighted by Gasteiger charge is 2.29. The lowest BCUT2D eigenvalue weighted by molar-refractivity contribution is -0.136. The molecule has 2 rings (SSSR count). The summed E-state index contributed by atoms with van der Waals surface area (Å²) >= 11 is 0. The van der Waals surface area contributed by atoms with E-state index >= 15 is 0 Å². The molecular formula is C14H10F2O3S. The van der Waals surface area contributed by atoms with Crippen molar-refractivity contribution in [1.82, 2.24) is 0 Å². The van der Waals surface area contributed by atoms with Gasteiger partial charge in [0.05, 0.1) is 15.7 Å². The number of rotatable bonds is 4. The fourth-order valence-corrected chi connectivity index (χ4v) is 3.05. The van der Waals surface area contributed by atoms with Crippen LogP contribution in [0.25, 0.3) is 0 Å². The first-order valence-electron chi connectivity index (χ1n) is 5.64. The number of halogens is 2. The Morgan fingerprint density at radius 2 is 1.75 bits per heavy atom. The number of hydrogen-bond acceptors (Lipinski definition) is 2. The summed E-state index contributed by atoms with van der Waals surface area (Å²) in [5.74, 6) is -3.17. The molecular weight excluding hydrogens is 286 g/mol. The van der Waals surface area contributed by atoms with Crippen LogP contribution in [0, 0.1) is 11.6 Å². The van der Waals surface area contributed by atoms with Crippen molar-refractivity contribution in [2.45, 2.75) is 10.1 Å². The summed E-state index contributed by atoms with van der Waals surface area (Å²) in [4.78, 5) is 11.0. The van der Waals surface area contributed by atoms with E-state index in [0.717, 1.165) is 12.1 Å². The minimum Gasteiger partial charge on any atom is -0.480 e. The van der Waals surface area contributed by atoms with Crippen molar-refractivity contribution in [2.24, 2.45) is 0 Å². The molecule has 1 N–H and O–H groups in total. The molecule has 0 saturated carbocycles. The van der Waals surface area contributed by atoms with Crippen molar-refractivity contribution in [1.29, 1.82) is 0 Å². The van der Waals surface area contributed by atoms with E-state index in [-0.39, 0.29) is 4.90 Å². The SMILES string of the molecule is O=C(O)C(c1ccccc1)S(=O)c1ccc(F)cc1F. The second-order valence-electron chi connectivity index (χ2n) is 4.00. The second-order valence-corrected chi connectivity index (χ2v) is 5.51. The van der Waals surface area contributed by atoms with E-state index in [2.05, 4.69) is 0 Å². The predicted octanol–water partition coefficient (Wildman–Crippen LogP) is 2.90. The molecule has 20 heavy (non-hydrogen) atoms. The number of carboxylic acids is 1. The van der Waals surface area contributed by atoms with Gasteiger partial charge in [0.1, 0.15) is 11.6 Å². The molecule has 104 valence electrons. The van der Waals surface area contributed by atoms with E-state index in [9.17, 15) is 22.9 Å². The first-order valence-corrected chi connectivity index (χ1v) is 6.85. The Hall–Kier alpha value is -2.08. The van der Waals surface area contributed by atoms with Crippen LogP contribution < -0.4 is 0 Å². The van der Waals surface area contributed by atoms with Gasteiger partial charge in [0.2, 0.25) is 0 Å². The highest BCUT2D eigenvalue weighted by atomic mass is 32.2. The van der Waals surface area contributed by atoms with Gasteiger partial charge in [0, 0.05) is 6.07 Å². The molecule has 2 atom stereocenters. The standard InChI is InChI=1S/C14H10F2O3S/c15-10-6-7-12(11(16)8-10)20(19)13(14(17)18)9-4-2-1-3-5-9/h1-8,13H,(H,17,18). The Bertz CT molecular complexity index is 659. The molecule has 6 heteroatoms. The minimum atomic E-state index is -2.16. The molecule has 0 fully saturated rings. The summed E-state index contributed by atoms with van der Waals surface area (Å²) in [7, 11) is -2.16. The maximum absolute atomic E-state index is 13.6. The topological polar surface area (TPSA) is 54.4 Å². The Morgan fingerprint density at radius 3 is 2.30 bits per heavy atom. The van der Waals surface area contributed by atoms with Crippen LogP contribution in [0.1, 0.15) is 10.8 Å². The summed E-state index contributed by atoms with van der Waals surface area (Å²) in [6.07, 6.45) is 0. The lowest BCUT2D eigenvalue weighted by Gasteiger charge is -2.13. The molecule has 2 unspecified atom stereocenters. The molecule has 2 aromatic rings. The highest BCUT2D eigenvalue weighted by Crippen LogP contribution is 2.27. The molecule has 0 amide bonds. The first-order chi connectivity index (χ1) is 9.50. The van der Waals surface area contributed by atoms with Crippen LogP contribution in [0.5, 0.6) is 0 Å². The summed E-state index contributed by atoms with van der Waals surface area (Å²) in [5.41, 5.74) is 0.294. The second kappa shape index (κ2) is 5.92. The van der Waals surface area contributed by atoms with Crippen molar-refractivity contribution in [3.05, 3.63) is 65.7 Å². The van der Waals surface area contributed by atoms with E-state index < -0.39 is 33.7 Å². The quantitative estimate of drug-likeness (QED) is 0.944. The van der Waals surface area contributed by atoms with Gasteiger partial charge in [-0.3, -0.25) is 9.00 Å². The Balaban J connectivity index is 2.45. The van der Waals surface area contributed by atoms with Gasteiger partial charge in [-0.05, 0) is 17.7 Å². The summed E-state index contributed by atoms with van der Waals surface area (Å²) < 4.78 is 38.7. The Morgan fingerprint density at radius 1 is 1.10 bits per heavy atom. The van der Waals surface area contributed by atoms with E-state index in [1.807, 2.05) is 0 Å². The van der Waals surface area contributed by atoms with Crippen LogP contribution in [-0.4, -0.2) is 15.3 Å². The van der Waals surface area contributed by atoms with E-state index in [0.29, 0.717) is 11.6 Å². The van der Waals surface area contributed by atoms with Gasteiger partial charge in [0.15, 0.2) is 5.25 Å². The van der Waals surface area contributed by atoms with Gasteiger partial charge < -0.3 is 5.11 Å². The average Bonchev–Trinajstić information content (AvgIpc) is 2.39. The monoisotopic (exact) mass is 296 g/mol. The van der Waals surface area contributed by atoms with Crippen molar-refractivity contribution in [2.75, 3.05) is 0 Å². The lowest BCUT2D eigenvalue weighted by atomic mass is 10.1. The maximum Gasteiger partial charge on any atom is 0.324 e. The van der Waals surface area contributed by atoms with Gasteiger partial charge in [-0.25, -0.2) is 8.78 Å². The number of carbonyl (C=O) groups is 1. The zero-order chi connectivity index (χ0) is 14.7. The third kappa shape index (κ3) is 2.91. The van der Waals surface area contributed by atoms with Gasteiger partial charge >= 0.3 is 5.97 Å². The summed E-state index contributed by atoms with van der Waals surface area (Å²) in [6.45, 7) is 0. The fraction of sp³-hybridized carbons (Fsp3) is 0.0714. The summed E-state index contributed by atoms with van der Waals surface area (Å²) in [6, 6.07) is 10.4. The normalized spacial score (nSPS) is 13.7. The molecule has 0 aliphatic rings. The predicted molar refractivity (Wildman–Crippen MR) is 69.6 cm³/mol. The zero-order valence-electron chi connectivity index (χ0n) is 10.1. The van der Waals surface area contributed by atoms with E-state index in [1.165, 1.54) is 12.1 Å². The van der Waals surface area contributed by atoms with Crippen molar-refractivity contribution in [3.8, 4) is 0 Å². The van der Waals surface area contributed by atoms with Gasteiger partial charge in [0.25, 0.3) is 0 Å². The van der Waals surface area contributed by atoms with Crippen LogP contribution in [0.3, 0.4) is 0 Å². The largest absolute Gasteiger partial charge is 0.480 e. The highest BCUT2D eigenvalue weighted by molar-refractivity contribution is 7.86. The molecule has 0 saturated heterocycles. The maximum atomic E-state index is 13.6. The number of carboxylic acid groups (broad SMARTS) is 1. The van der Waals surface area contributed by atoms with E-state index in [1.54, 1.807) is 18.2 Å². The molecule has 0 radical (unpaired) electrons. The van der Waals surface area contributed by atoms with Crippen LogP contribution in [0.15, 0.2) is 53.4 Å².